The fourth-order valence-electron chi connectivity index (χ4n) is 2.77. The molecule has 4 rings (SSSR count). The molecule has 2 aromatic carbocycles. The molecule has 0 radical (unpaired) electrons. The van der Waals surface area contributed by atoms with Crippen LogP contribution < -0.4 is 5.32 Å². The number of benzene rings is 2. The van der Waals surface area contributed by atoms with E-state index in [4.69, 9.17) is 4.74 Å². The number of pyridine rings is 1. The van der Waals surface area contributed by atoms with Gasteiger partial charge in [0, 0.05) is 11.8 Å². The number of methoxy groups -OCH3 is 1. The van der Waals surface area contributed by atoms with Gasteiger partial charge in [0.2, 0.25) is 0 Å². The molecule has 2 heterocycles. The summed E-state index contributed by atoms with van der Waals surface area (Å²) in [5.41, 5.74) is 3.15. The van der Waals surface area contributed by atoms with Gasteiger partial charge >= 0.3 is 5.97 Å². The Labute approximate surface area is 159 Å². The molecule has 8 nitrogen and oxygen atoms in total. The predicted octanol–water partition coefficient (Wildman–Crippen LogP) is 2.85. The molecule has 4 aromatic rings. The lowest BCUT2D eigenvalue weighted by atomic mass is 10.1. The topological polar surface area (TPSA) is 99.0 Å². The normalized spacial score (nSPS) is 10.6. The molecular formula is C20H15N5O3. The molecule has 0 aliphatic rings. The summed E-state index contributed by atoms with van der Waals surface area (Å²) in [6, 6.07) is 17.1. The van der Waals surface area contributed by atoms with Gasteiger partial charge in [-0.2, -0.15) is 4.68 Å². The lowest BCUT2D eigenvalue weighted by molar-refractivity contribution is 0.0602. The molecule has 0 spiro atoms. The Morgan fingerprint density at radius 1 is 1.00 bits per heavy atom. The second-order valence-corrected chi connectivity index (χ2v) is 5.89. The van der Waals surface area contributed by atoms with E-state index in [2.05, 4.69) is 20.6 Å². The van der Waals surface area contributed by atoms with Crippen molar-refractivity contribution in [1.82, 2.24) is 20.0 Å². The maximum atomic E-state index is 12.6. The summed E-state index contributed by atoms with van der Waals surface area (Å²) in [5.74, 6) is -0.860. The highest BCUT2D eigenvalue weighted by Gasteiger charge is 2.15. The van der Waals surface area contributed by atoms with Crippen molar-refractivity contribution in [2.75, 3.05) is 12.4 Å². The van der Waals surface area contributed by atoms with E-state index in [0.717, 1.165) is 5.69 Å². The van der Waals surface area contributed by atoms with Crippen molar-refractivity contribution in [3.05, 3.63) is 78.0 Å². The van der Waals surface area contributed by atoms with Gasteiger partial charge in [-0.1, -0.05) is 17.3 Å². The summed E-state index contributed by atoms with van der Waals surface area (Å²) in [6.07, 6.45) is 1.67. The number of rotatable bonds is 4. The number of hydrogen-bond acceptors (Lipinski definition) is 6. The molecule has 0 fully saturated rings. The number of esters is 1. The Bertz CT molecular complexity index is 1170. The van der Waals surface area contributed by atoms with Gasteiger partial charge in [0.25, 0.3) is 5.91 Å². The van der Waals surface area contributed by atoms with Gasteiger partial charge in [0.15, 0.2) is 5.65 Å². The van der Waals surface area contributed by atoms with Crippen LogP contribution in [-0.2, 0) is 4.74 Å². The van der Waals surface area contributed by atoms with E-state index in [1.807, 2.05) is 6.07 Å². The number of hydrogen-bond donors (Lipinski definition) is 1. The fourth-order valence-corrected chi connectivity index (χ4v) is 2.77. The molecule has 0 unspecified atom stereocenters. The number of anilines is 1. The number of aromatic nitrogens is 4. The SMILES string of the molecule is COC(=O)c1ccccc1NC(=O)c1ccc(-n2nnc3cccnc32)cc1. The van der Waals surface area contributed by atoms with Gasteiger partial charge in [0.05, 0.1) is 24.0 Å². The van der Waals surface area contributed by atoms with Crippen LogP contribution in [0.4, 0.5) is 5.69 Å². The summed E-state index contributed by atoms with van der Waals surface area (Å²) in [5, 5.41) is 10.9. The lowest BCUT2D eigenvalue weighted by Gasteiger charge is -2.10. The van der Waals surface area contributed by atoms with Gasteiger partial charge in [-0.3, -0.25) is 4.79 Å². The maximum absolute atomic E-state index is 12.6. The summed E-state index contributed by atoms with van der Waals surface area (Å²) >= 11 is 0. The molecule has 2 aromatic heterocycles. The van der Waals surface area contributed by atoms with E-state index in [0.29, 0.717) is 22.4 Å². The van der Waals surface area contributed by atoms with Gasteiger partial charge < -0.3 is 10.1 Å². The molecule has 0 saturated heterocycles. The third-order valence-electron chi connectivity index (χ3n) is 4.16. The smallest absolute Gasteiger partial charge is 0.339 e. The molecule has 1 N–H and O–H groups in total. The van der Waals surface area contributed by atoms with Crippen molar-refractivity contribution in [1.29, 1.82) is 0 Å². The third kappa shape index (κ3) is 3.18. The fraction of sp³-hybridized carbons (Fsp3) is 0.0500. The van der Waals surface area contributed by atoms with Gasteiger partial charge in [-0.25, -0.2) is 9.78 Å². The zero-order valence-corrected chi connectivity index (χ0v) is 14.9. The molecule has 0 bridgehead atoms. The Morgan fingerprint density at radius 2 is 1.79 bits per heavy atom. The van der Waals surface area contributed by atoms with Crippen molar-refractivity contribution in [2.24, 2.45) is 0 Å². The highest BCUT2D eigenvalue weighted by Crippen LogP contribution is 2.18. The number of carbonyl (C=O) groups is 2. The molecule has 8 heteroatoms. The first-order chi connectivity index (χ1) is 13.7. The van der Waals surface area contributed by atoms with E-state index in [-0.39, 0.29) is 11.5 Å². The van der Waals surface area contributed by atoms with Crippen LogP contribution >= 0.6 is 0 Å². The van der Waals surface area contributed by atoms with Crippen molar-refractivity contribution in [3.8, 4) is 5.69 Å². The van der Waals surface area contributed by atoms with Crippen LogP contribution in [0.25, 0.3) is 16.9 Å². The molecule has 138 valence electrons. The van der Waals surface area contributed by atoms with Crippen molar-refractivity contribution in [2.45, 2.75) is 0 Å². The summed E-state index contributed by atoms with van der Waals surface area (Å²) in [7, 11) is 1.29. The van der Waals surface area contributed by atoms with E-state index in [1.165, 1.54) is 7.11 Å². The van der Waals surface area contributed by atoms with Crippen LogP contribution in [0, 0.1) is 0 Å². The number of amides is 1. The Morgan fingerprint density at radius 3 is 2.57 bits per heavy atom. The first-order valence-electron chi connectivity index (χ1n) is 8.43. The van der Waals surface area contributed by atoms with Crippen LogP contribution in [0.2, 0.25) is 0 Å². The Kier molecular flexibility index (Phi) is 4.51. The first-order valence-corrected chi connectivity index (χ1v) is 8.43. The van der Waals surface area contributed by atoms with Crippen molar-refractivity contribution in [3.63, 3.8) is 0 Å². The largest absolute Gasteiger partial charge is 0.465 e. The predicted molar refractivity (Wildman–Crippen MR) is 102 cm³/mol. The first kappa shape index (κ1) is 17.3. The number of carbonyl (C=O) groups excluding carboxylic acids is 2. The standard InChI is InChI=1S/C20H15N5O3/c1-28-20(27)15-5-2-3-6-16(15)22-19(26)13-8-10-14(11-9-13)25-18-17(23-24-25)7-4-12-21-18/h2-12H,1H3,(H,22,26). The van der Waals surface area contributed by atoms with Crippen LogP contribution in [0.15, 0.2) is 66.9 Å². The van der Waals surface area contributed by atoms with Crippen LogP contribution in [0.3, 0.4) is 0 Å². The van der Waals surface area contributed by atoms with E-state index in [9.17, 15) is 9.59 Å². The Balaban J connectivity index is 1.58. The van der Waals surface area contributed by atoms with E-state index in [1.54, 1.807) is 65.5 Å². The van der Waals surface area contributed by atoms with E-state index >= 15 is 0 Å². The molecule has 28 heavy (non-hydrogen) atoms. The van der Waals surface area contributed by atoms with Crippen LogP contribution in [0.5, 0.6) is 0 Å². The molecular weight excluding hydrogens is 358 g/mol. The molecule has 0 aliphatic heterocycles. The van der Waals surface area contributed by atoms with Crippen LogP contribution in [0.1, 0.15) is 20.7 Å². The molecule has 0 saturated carbocycles. The van der Waals surface area contributed by atoms with Crippen molar-refractivity contribution < 1.29 is 14.3 Å². The third-order valence-corrected chi connectivity index (χ3v) is 4.16. The molecule has 1 amide bonds. The Hall–Kier alpha value is -4.07. The van der Waals surface area contributed by atoms with E-state index < -0.39 is 5.97 Å². The maximum Gasteiger partial charge on any atom is 0.339 e. The minimum absolute atomic E-state index is 0.287. The summed E-state index contributed by atoms with van der Waals surface area (Å²) in [6.45, 7) is 0. The molecule has 0 aliphatic carbocycles. The average Bonchev–Trinajstić information content (AvgIpc) is 3.18. The summed E-state index contributed by atoms with van der Waals surface area (Å²) < 4.78 is 6.35. The molecule has 0 atom stereocenters. The second kappa shape index (κ2) is 7.28. The highest BCUT2D eigenvalue weighted by atomic mass is 16.5. The van der Waals surface area contributed by atoms with Gasteiger partial charge in [0.1, 0.15) is 5.52 Å². The summed E-state index contributed by atoms with van der Waals surface area (Å²) in [4.78, 5) is 28.7. The lowest BCUT2D eigenvalue weighted by Crippen LogP contribution is -2.15. The zero-order valence-electron chi connectivity index (χ0n) is 14.9. The van der Waals surface area contributed by atoms with Crippen molar-refractivity contribution >= 4 is 28.7 Å². The monoisotopic (exact) mass is 373 g/mol. The number of fused-ring (bicyclic) bond motifs is 1. The second-order valence-electron chi connectivity index (χ2n) is 5.89. The zero-order chi connectivity index (χ0) is 19.5. The number of ether oxygens (including phenoxy) is 1. The minimum Gasteiger partial charge on any atom is -0.465 e. The quantitative estimate of drug-likeness (QED) is 0.552. The average molecular weight is 373 g/mol. The minimum atomic E-state index is -0.517. The number of nitrogens with zero attached hydrogens (tertiary/aromatic N) is 4. The highest BCUT2D eigenvalue weighted by molar-refractivity contribution is 6.08. The van der Waals surface area contributed by atoms with Crippen LogP contribution in [-0.4, -0.2) is 39.0 Å². The van der Waals surface area contributed by atoms with Gasteiger partial charge in [-0.05, 0) is 48.5 Å². The number of nitrogens with one attached hydrogen (secondary N) is 1. The number of para-hydroxylation sites is 1. The van der Waals surface area contributed by atoms with Gasteiger partial charge in [-0.15, -0.1) is 5.10 Å².